The molecule has 1 N–H and O–H groups in total. The van der Waals surface area contributed by atoms with Gasteiger partial charge in [0.1, 0.15) is 0 Å². The van der Waals surface area contributed by atoms with Crippen LogP contribution in [0.15, 0.2) is 17.1 Å². The zero-order valence-corrected chi connectivity index (χ0v) is 16.0. The molecule has 0 radical (unpaired) electrons. The van der Waals surface area contributed by atoms with Gasteiger partial charge in [0, 0.05) is 19.5 Å². The molecule has 3 heteroatoms. The molecule has 0 aromatic heterocycles. The molecule has 0 saturated carbocycles. The molecule has 1 aliphatic rings. The molecule has 0 aromatic carbocycles. The highest BCUT2D eigenvalue weighted by Crippen LogP contribution is 2.13. The van der Waals surface area contributed by atoms with Gasteiger partial charge in [-0.2, -0.15) is 0 Å². The van der Waals surface area contributed by atoms with Crippen LogP contribution in [0.2, 0.25) is 0 Å². The Morgan fingerprint density at radius 2 is 1.54 bits per heavy atom. The zero-order chi connectivity index (χ0) is 17.3. The van der Waals surface area contributed by atoms with Crippen LogP contribution in [0.1, 0.15) is 90.4 Å². The summed E-state index contributed by atoms with van der Waals surface area (Å²) >= 11 is 0. The van der Waals surface area contributed by atoms with Crippen molar-refractivity contribution in [3.8, 4) is 0 Å². The summed E-state index contributed by atoms with van der Waals surface area (Å²) in [6.07, 6.45) is 21.9. The largest absolute Gasteiger partial charge is 0.395 e. The van der Waals surface area contributed by atoms with Gasteiger partial charge in [-0.3, -0.25) is 4.99 Å². The van der Waals surface area contributed by atoms with Gasteiger partial charge in [-0.1, -0.05) is 70.4 Å². The van der Waals surface area contributed by atoms with E-state index in [2.05, 4.69) is 29.0 Å². The minimum atomic E-state index is 0.244. The maximum Gasteiger partial charge on any atom is 0.0991 e. The average molecular weight is 337 g/mol. The molecule has 1 rings (SSSR count). The molecule has 0 aromatic rings. The zero-order valence-electron chi connectivity index (χ0n) is 16.0. The number of aliphatic hydroxyl groups is 1. The molecule has 0 saturated heterocycles. The van der Waals surface area contributed by atoms with Crippen LogP contribution in [0.25, 0.3) is 0 Å². The summed E-state index contributed by atoms with van der Waals surface area (Å²) in [7, 11) is 0. The summed E-state index contributed by atoms with van der Waals surface area (Å²) in [6, 6.07) is 0. The quantitative estimate of drug-likeness (QED) is 0.305. The Morgan fingerprint density at radius 1 is 0.917 bits per heavy atom. The van der Waals surface area contributed by atoms with Gasteiger partial charge in [0.15, 0.2) is 0 Å². The van der Waals surface area contributed by atoms with Crippen molar-refractivity contribution >= 4 is 5.84 Å². The Hall–Kier alpha value is -0.830. The van der Waals surface area contributed by atoms with Crippen molar-refractivity contribution in [2.75, 3.05) is 26.2 Å². The fourth-order valence-corrected chi connectivity index (χ4v) is 3.31. The van der Waals surface area contributed by atoms with Crippen LogP contribution < -0.4 is 0 Å². The third kappa shape index (κ3) is 10.9. The van der Waals surface area contributed by atoms with E-state index in [9.17, 15) is 0 Å². The number of β-amino-alcohol motifs (C(OH)–C–C–N with tert-alkyl or cyclic N) is 1. The Balaban J connectivity index is 1.81. The van der Waals surface area contributed by atoms with Crippen molar-refractivity contribution in [1.82, 2.24) is 4.90 Å². The fourth-order valence-electron chi connectivity index (χ4n) is 3.31. The van der Waals surface area contributed by atoms with E-state index in [-0.39, 0.29) is 6.61 Å². The highest BCUT2D eigenvalue weighted by molar-refractivity contribution is 5.83. The number of allylic oxidation sites excluding steroid dienone is 2. The maximum atomic E-state index is 9.04. The molecule has 0 atom stereocenters. The molecule has 140 valence electrons. The van der Waals surface area contributed by atoms with E-state index in [1.807, 2.05) is 0 Å². The van der Waals surface area contributed by atoms with Crippen LogP contribution in [0.3, 0.4) is 0 Å². The summed E-state index contributed by atoms with van der Waals surface area (Å²) in [5.41, 5.74) is 0. The minimum Gasteiger partial charge on any atom is -0.395 e. The SMILES string of the molecule is CCC/C=C/CCCCCCCCCCCC1=NCCN1CCO. The lowest BCUT2D eigenvalue weighted by atomic mass is 10.1. The van der Waals surface area contributed by atoms with Gasteiger partial charge >= 0.3 is 0 Å². The number of amidine groups is 1. The van der Waals surface area contributed by atoms with E-state index in [1.165, 1.54) is 82.9 Å². The number of hydrogen-bond donors (Lipinski definition) is 1. The van der Waals surface area contributed by atoms with E-state index in [4.69, 9.17) is 5.11 Å². The topological polar surface area (TPSA) is 35.8 Å². The Morgan fingerprint density at radius 3 is 2.21 bits per heavy atom. The maximum absolute atomic E-state index is 9.04. The average Bonchev–Trinajstić information content (AvgIpc) is 3.03. The van der Waals surface area contributed by atoms with Gasteiger partial charge < -0.3 is 10.0 Å². The molecular weight excluding hydrogens is 296 g/mol. The van der Waals surface area contributed by atoms with Crippen LogP contribution in [0, 0.1) is 0 Å². The van der Waals surface area contributed by atoms with Gasteiger partial charge in [-0.05, 0) is 25.7 Å². The molecule has 3 nitrogen and oxygen atoms in total. The molecule has 0 spiro atoms. The first-order chi connectivity index (χ1) is 11.9. The second-order valence-electron chi connectivity index (χ2n) is 6.99. The number of hydrogen-bond acceptors (Lipinski definition) is 3. The van der Waals surface area contributed by atoms with Crippen molar-refractivity contribution in [3.05, 3.63) is 12.2 Å². The highest BCUT2D eigenvalue weighted by Gasteiger charge is 2.14. The van der Waals surface area contributed by atoms with Crippen molar-refractivity contribution < 1.29 is 5.11 Å². The van der Waals surface area contributed by atoms with Crippen molar-refractivity contribution in [2.24, 2.45) is 4.99 Å². The molecule has 0 unspecified atom stereocenters. The number of aliphatic hydroxyl groups excluding tert-OH is 1. The molecular formula is C21H40N2O. The Kier molecular flexibility index (Phi) is 13.9. The van der Waals surface area contributed by atoms with Gasteiger partial charge in [-0.25, -0.2) is 0 Å². The summed E-state index contributed by atoms with van der Waals surface area (Å²) in [5.74, 6) is 1.23. The van der Waals surface area contributed by atoms with Crippen LogP contribution in [0.5, 0.6) is 0 Å². The van der Waals surface area contributed by atoms with E-state index >= 15 is 0 Å². The second-order valence-corrected chi connectivity index (χ2v) is 6.99. The van der Waals surface area contributed by atoms with Crippen LogP contribution >= 0.6 is 0 Å². The summed E-state index contributed by atoms with van der Waals surface area (Å²) in [4.78, 5) is 6.81. The van der Waals surface area contributed by atoms with E-state index < -0.39 is 0 Å². The van der Waals surface area contributed by atoms with Gasteiger partial charge in [0.25, 0.3) is 0 Å². The Labute approximate surface area is 150 Å². The van der Waals surface area contributed by atoms with Crippen molar-refractivity contribution in [1.29, 1.82) is 0 Å². The van der Waals surface area contributed by atoms with Crippen LogP contribution in [-0.4, -0.2) is 42.1 Å². The van der Waals surface area contributed by atoms with Crippen LogP contribution in [0.4, 0.5) is 0 Å². The van der Waals surface area contributed by atoms with E-state index in [0.717, 1.165) is 26.1 Å². The molecule has 24 heavy (non-hydrogen) atoms. The number of aliphatic imine (C=N–C) groups is 1. The lowest BCUT2D eigenvalue weighted by Gasteiger charge is -2.18. The summed E-state index contributed by atoms with van der Waals surface area (Å²) in [5, 5.41) is 9.04. The molecule has 1 heterocycles. The minimum absolute atomic E-state index is 0.244. The lowest BCUT2D eigenvalue weighted by Crippen LogP contribution is -2.30. The first-order valence-electron chi connectivity index (χ1n) is 10.4. The molecule has 0 aliphatic carbocycles. The predicted octanol–water partition coefficient (Wildman–Crippen LogP) is 5.34. The normalized spacial score (nSPS) is 14.8. The van der Waals surface area contributed by atoms with E-state index in [1.54, 1.807) is 0 Å². The molecule has 0 bridgehead atoms. The molecule has 0 amide bonds. The third-order valence-corrected chi connectivity index (χ3v) is 4.79. The Bertz CT molecular complexity index is 339. The number of unbranched alkanes of at least 4 members (excludes halogenated alkanes) is 10. The number of rotatable bonds is 16. The lowest BCUT2D eigenvalue weighted by molar-refractivity contribution is 0.255. The third-order valence-electron chi connectivity index (χ3n) is 4.79. The summed E-state index contributed by atoms with van der Waals surface area (Å²) < 4.78 is 0. The molecule has 1 aliphatic heterocycles. The van der Waals surface area contributed by atoms with Gasteiger partial charge in [-0.15, -0.1) is 0 Å². The van der Waals surface area contributed by atoms with Crippen molar-refractivity contribution in [2.45, 2.75) is 90.4 Å². The first-order valence-corrected chi connectivity index (χ1v) is 10.4. The van der Waals surface area contributed by atoms with Gasteiger partial charge in [0.05, 0.1) is 19.0 Å². The number of nitrogens with zero attached hydrogens (tertiary/aromatic N) is 2. The highest BCUT2D eigenvalue weighted by atomic mass is 16.3. The van der Waals surface area contributed by atoms with Crippen LogP contribution in [-0.2, 0) is 0 Å². The monoisotopic (exact) mass is 336 g/mol. The first kappa shape index (κ1) is 21.2. The van der Waals surface area contributed by atoms with Crippen molar-refractivity contribution in [3.63, 3.8) is 0 Å². The fraction of sp³-hybridized carbons (Fsp3) is 0.857. The predicted molar refractivity (Wildman–Crippen MR) is 106 cm³/mol. The standard InChI is InChI=1S/C21H40N2O/c1-2-3-4-5-6-7-8-9-10-11-12-13-14-15-16-21-22-17-18-23(21)19-20-24/h4-5,24H,2-3,6-20H2,1H3/b5-4+. The van der Waals surface area contributed by atoms with E-state index in [0.29, 0.717) is 0 Å². The smallest absolute Gasteiger partial charge is 0.0991 e. The second kappa shape index (κ2) is 15.7. The summed E-state index contributed by atoms with van der Waals surface area (Å²) in [6.45, 7) is 5.16. The molecule has 0 fully saturated rings. The van der Waals surface area contributed by atoms with Gasteiger partial charge in [0.2, 0.25) is 0 Å².